The second-order valence-corrected chi connectivity index (χ2v) is 5.68. The maximum Gasteiger partial charge on any atom is 0.416 e. The topological polar surface area (TPSA) is 24.9 Å². The van der Waals surface area contributed by atoms with Crippen molar-refractivity contribution in [3.05, 3.63) is 78.0 Å². The second kappa shape index (κ2) is 6.94. The van der Waals surface area contributed by atoms with Gasteiger partial charge in [0.1, 0.15) is 0 Å². The zero-order chi connectivity index (χ0) is 19.7. The highest BCUT2D eigenvalue weighted by molar-refractivity contribution is 5.79. The third kappa shape index (κ3) is 4.39. The number of nitrogens with one attached hydrogen (secondary N) is 1. The molecule has 0 bridgehead atoms. The molecule has 1 N–H and O–H groups in total. The van der Waals surface area contributed by atoms with Crippen LogP contribution >= 0.6 is 0 Å². The highest BCUT2D eigenvalue weighted by atomic mass is 19.4. The number of alkyl halides is 6. The van der Waals surface area contributed by atoms with Crippen LogP contribution in [0.15, 0.2) is 66.9 Å². The first-order valence-corrected chi connectivity index (χ1v) is 7.71. The molecular weight excluding hydrogens is 370 g/mol. The van der Waals surface area contributed by atoms with E-state index in [1.54, 1.807) is 42.5 Å². The third-order valence-electron chi connectivity index (χ3n) is 3.73. The number of nitrogens with zero attached hydrogens (tertiary/aromatic N) is 1. The molecule has 0 spiro atoms. The lowest BCUT2D eigenvalue weighted by Gasteiger charge is -2.16. The minimum atomic E-state index is -4.90. The summed E-state index contributed by atoms with van der Waals surface area (Å²) in [6, 6.07) is 13.0. The summed E-state index contributed by atoms with van der Waals surface area (Å²) in [4.78, 5) is 4.16. The van der Waals surface area contributed by atoms with Gasteiger partial charge in [-0.1, -0.05) is 24.3 Å². The van der Waals surface area contributed by atoms with Crippen LogP contribution < -0.4 is 5.32 Å². The molecule has 0 aliphatic rings. The highest BCUT2D eigenvalue weighted by Crippen LogP contribution is 2.39. The molecule has 0 radical (unpaired) electrons. The molecule has 0 saturated heterocycles. The van der Waals surface area contributed by atoms with Crippen LogP contribution in [0.5, 0.6) is 0 Å². The Balaban J connectivity index is 2.07. The third-order valence-corrected chi connectivity index (χ3v) is 3.73. The molecule has 2 nitrogen and oxygen atoms in total. The standard InChI is InChI=1S/C19H12F6N2/c20-18(21,22)12-9-13(19(23,24)25)11-14(10-12)27-17-7-2-1-5-15(17)16-6-3-4-8-26-16/h1-11,27H. The number of rotatable bonds is 3. The molecular formula is C19H12F6N2. The lowest BCUT2D eigenvalue weighted by atomic mass is 10.1. The Kier molecular flexibility index (Phi) is 4.82. The Hall–Kier alpha value is -3.03. The monoisotopic (exact) mass is 382 g/mol. The number of hydrogen-bond acceptors (Lipinski definition) is 2. The van der Waals surface area contributed by atoms with Gasteiger partial charge in [0, 0.05) is 23.1 Å². The van der Waals surface area contributed by atoms with Gasteiger partial charge in [-0.15, -0.1) is 0 Å². The molecule has 0 amide bonds. The van der Waals surface area contributed by atoms with E-state index >= 15 is 0 Å². The number of hydrogen-bond donors (Lipinski definition) is 1. The first-order valence-electron chi connectivity index (χ1n) is 7.71. The van der Waals surface area contributed by atoms with Gasteiger partial charge in [-0.25, -0.2) is 0 Å². The van der Waals surface area contributed by atoms with E-state index < -0.39 is 23.5 Å². The largest absolute Gasteiger partial charge is 0.416 e. The lowest BCUT2D eigenvalue weighted by Crippen LogP contribution is -2.11. The fourth-order valence-electron chi connectivity index (χ4n) is 2.52. The Bertz CT molecular complexity index is 901. The number of benzene rings is 2. The van der Waals surface area contributed by atoms with Crippen molar-refractivity contribution in [1.29, 1.82) is 0 Å². The van der Waals surface area contributed by atoms with Crippen molar-refractivity contribution in [2.45, 2.75) is 12.4 Å². The first-order chi connectivity index (χ1) is 12.6. The molecule has 1 aromatic heterocycles. The summed E-state index contributed by atoms with van der Waals surface area (Å²) in [5.41, 5.74) is -1.66. The van der Waals surface area contributed by atoms with Gasteiger partial charge in [0.05, 0.1) is 16.8 Å². The minimum absolute atomic E-state index is 0.0931. The molecule has 0 saturated carbocycles. The van der Waals surface area contributed by atoms with E-state index in [1.807, 2.05) is 0 Å². The van der Waals surface area contributed by atoms with Crippen molar-refractivity contribution in [2.24, 2.45) is 0 Å². The van der Waals surface area contributed by atoms with Crippen molar-refractivity contribution in [2.75, 3.05) is 5.32 Å². The predicted octanol–water partition coefficient (Wildman–Crippen LogP) is 6.53. The van der Waals surface area contributed by atoms with Crippen molar-refractivity contribution >= 4 is 11.4 Å². The van der Waals surface area contributed by atoms with Crippen LogP contribution in [-0.2, 0) is 12.4 Å². The first kappa shape index (κ1) is 18.8. The van der Waals surface area contributed by atoms with Gasteiger partial charge >= 0.3 is 12.4 Å². The molecule has 0 atom stereocenters. The average Bonchev–Trinajstić information content (AvgIpc) is 2.61. The fourth-order valence-corrected chi connectivity index (χ4v) is 2.52. The number of halogens is 6. The molecule has 3 aromatic rings. The number of aromatic nitrogens is 1. The van der Waals surface area contributed by atoms with E-state index in [0.717, 1.165) is 0 Å². The molecule has 3 rings (SSSR count). The summed E-state index contributed by atoms with van der Waals surface area (Å²) in [5, 5.41) is 2.66. The molecule has 140 valence electrons. The number of anilines is 2. The maximum atomic E-state index is 13.0. The quantitative estimate of drug-likeness (QED) is 0.521. The smallest absolute Gasteiger partial charge is 0.355 e. The normalized spacial score (nSPS) is 12.1. The van der Waals surface area contributed by atoms with Crippen LogP contribution in [0.4, 0.5) is 37.7 Å². The zero-order valence-electron chi connectivity index (χ0n) is 13.6. The molecule has 1 heterocycles. The van der Waals surface area contributed by atoms with E-state index in [-0.39, 0.29) is 11.8 Å². The van der Waals surface area contributed by atoms with Gasteiger partial charge < -0.3 is 5.32 Å². The fraction of sp³-hybridized carbons (Fsp3) is 0.105. The summed E-state index contributed by atoms with van der Waals surface area (Å²) in [6.45, 7) is 0. The zero-order valence-corrected chi connectivity index (χ0v) is 13.6. The Morgan fingerprint density at radius 2 is 1.30 bits per heavy atom. The molecule has 0 unspecified atom stereocenters. The highest BCUT2D eigenvalue weighted by Gasteiger charge is 2.37. The molecule has 27 heavy (non-hydrogen) atoms. The van der Waals surface area contributed by atoms with Crippen LogP contribution in [0.25, 0.3) is 11.3 Å². The Morgan fingerprint density at radius 3 is 1.85 bits per heavy atom. The number of pyridine rings is 1. The molecule has 0 aliphatic heterocycles. The summed E-state index contributed by atoms with van der Waals surface area (Å²) in [7, 11) is 0. The van der Waals surface area contributed by atoms with E-state index in [4.69, 9.17) is 0 Å². The van der Waals surface area contributed by atoms with Gasteiger partial charge in [-0.05, 0) is 36.4 Å². The van der Waals surface area contributed by atoms with E-state index in [9.17, 15) is 26.3 Å². The van der Waals surface area contributed by atoms with Gasteiger partial charge in [-0.3, -0.25) is 4.98 Å². The van der Waals surface area contributed by atoms with Crippen molar-refractivity contribution in [1.82, 2.24) is 4.98 Å². The van der Waals surface area contributed by atoms with Gasteiger partial charge in [0.15, 0.2) is 0 Å². The SMILES string of the molecule is FC(F)(F)c1cc(Nc2ccccc2-c2ccccn2)cc(C(F)(F)F)c1. The summed E-state index contributed by atoms with van der Waals surface area (Å²) >= 11 is 0. The van der Waals surface area contributed by atoms with E-state index in [1.165, 1.54) is 6.20 Å². The van der Waals surface area contributed by atoms with Crippen LogP contribution in [0.3, 0.4) is 0 Å². The molecule has 0 fully saturated rings. The van der Waals surface area contributed by atoms with Crippen molar-refractivity contribution in [3.63, 3.8) is 0 Å². The van der Waals surface area contributed by atoms with Gasteiger partial charge in [0.25, 0.3) is 0 Å². The van der Waals surface area contributed by atoms with Crippen LogP contribution in [0.2, 0.25) is 0 Å². The summed E-state index contributed by atoms with van der Waals surface area (Å²) in [6.07, 6.45) is -8.27. The van der Waals surface area contributed by atoms with Crippen molar-refractivity contribution < 1.29 is 26.3 Å². The van der Waals surface area contributed by atoms with Crippen LogP contribution in [0.1, 0.15) is 11.1 Å². The van der Waals surface area contributed by atoms with E-state index in [0.29, 0.717) is 29.1 Å². The summed E-state index contributed by atoms with van der Waals surface area (Å²) < 4.78 is 78.1. The number of para-hydroxylation sites is 1. The predicted molar refractivity (Wildman–Crippen MR) is 89.4 cm³/mol. The Labute approximate surface area is 150 Å². The minimum Gasteiger partial charge on any atom is -0.355 e. The van der Waals surface area contributed by atoms with Gasteiger partial charge in [-0.2, -0.15) is 26.3 Å². The molecule has 2 aromatic carbocycles. The summed E-state index contributed by atoms with van der Waals surface area (Å²) in [5.74, 6) is 0. The molecule has 0 aliphatic carbocycles. The van der Waals surface area contributed by atoms with Gasteiger partial charge in [0.2, 0.25) is 0 Å². The van der Waals surface area contributed by atoms with Crippen LogP contribution in [0, 0.1) is 0 Å². The second-order valence-electron chi connectivity index (χ2n) is 5.68. The maximum absolute atomic E-state index is 13.0. The molecule has 8 heteroatoms. The van der Waals surface area contributed by atoms with E-state index in [2.05, 4.69) is 10.3 Å². The Morgan fingerprint density at radius 1 is 0.704 bits per heavy atom. The van der Waals surface area contributed by atoms with Crippen molar-refractivity contribution in [3.8, 4) is 11.3 Å². The average molecular weight is 382 g/mol. The van der Waals surface area contributed by atoms with Crippen LogP contribution in [-0.4, -0.2) is 4.98 Å². The lowest BCUT2D eigenvalue weighted by molar-refractivity contribution is -0.143.